The van der Waals surface area contributed by atoms with Gasteiger partial charge in [-0.2, -0.15) is 5.10 Å². The smallest absolute Gasteiger partial charge is 0.233 e. The van der Waals surface area contributed by atoms with Gasteiger partial charge >= 0.3 is 0 Å². The zero-order chi connectivity index (χ0) is 13.5. The van der Waals surface area contributed by atoms with Crippen molar-refractivity contribution in [2.45, 2.75) is 30.3 Å². The highest BCUT2D eigenvalue weighted by Crippen LogP contribution is 2.21. The number of aromatic amines is 1. The number of aromatic nitrogens is 3. The van der Waals surface area contributed by atoms with Crippen LogP contribution in [0.3, 0.4) is 0 Å². The van der Waals surface area contributed by atoms with Crippen molar-refractivity contribution < 1.29 is 4.79 Å². The molecule has 0 saturated heterocycles. The van der Waals surface area contributed by atoms with E-state index in [0.717, 1.165) is 12.0 Å². The molecule has 1 aromatic carbocycles. The van der Waals surface area contributed by atoms with Gasteiger partial charge in [-0.25, -0.2) is 4.98 Å². The van der Waals surface area contributed by atoms with Crippen LogP contribution in [0.5, 0.6) is 0 Å². The lowest BCUT2D eigenvalue weighted by Gasteiger charge is -2.13. The van der Waals surface area contributed by atoms with E-state index >= 15 is 0 Å². The third kappa shape index (κ3) is 4.10. The number of nitrogens with one attached hydrogen (secondary N) is 2. The number of carbonyl (C=O) groups excluding carboxylic acids is 1. The van der Waals surface area contributed by atoms with E-state index in [1.807, 2.05) is 37.3 Å². The fraction of sp³-hybridized carbons (Fsp3) is 0.308. The van der Waals surface area contributed by atoms with Gasteiger partial charge in [0.2, 0.25) is 5.91 Å². The number of rotatable bonds is 6. The summed E-state index contributed by atoms with van der Waals surface area (Å²) in [4.78, 5) is 16.1. The molecule has 1 amide bonds. The average molecular weight is 276 g/mol. The molecule has 1 unspecified atom stereocenters. The fourth-order valence-corrected chi connectivity index (χ4v) is 2.45. The summed E-state index contributed by atoms with van der Waals surface area (Å²) in [6.45, 7) is 2.53. The predicted octanol–water partition coefficient (Wildman–Crippen LogP) is 1.99. The second-order valence-electron chi connectivity index (χ2n) is 4.01. The van der Waals surface area contributed by atoms with Crippen molar-refractivity contribution >= 4 is 17.7 Å². The highest BCUT2D eigenvalue weighted by atomic mass is 32.2. The van der Waals surface area contributed by atoms with E-state index in [4.69, 9.17) is 0 Å². The summed E-state index contributed by atoms with van der Waals surface area (Å²) in [6, 6.07) is 9.86. The van der Waals surface area contributed by atoms with Crippen molar-refractivity contribution in [2.24, 2.45) is 0 Å². The third-order valence-corrected chi connectivity index (χ3v) is 3.87. The van der Waals surface area contributed by atoms with E-state index in [1.165, 1.54) is 18.1 Å². The van der Waals surface area contributed by atoms with Gasteiger partial charge in [-0.3, -0.25) is 9.89 Å². The maximum absolute atomic E-state index is 12.1. The minimum absolute atomic E-state index is 0.0211. The lowest BCUT2D eigenvalue weighted by atomic mass is 10.2. The Kier molecular flexibility index (Phi) is 4.97. The summed E-state index contributed by atoms with van der Waals surface area (Å²) in [5.74, 6) is 0.0211. The van der Waals surface area contributed by atoms with E-state index < -0.39 is 0 Å². The molecule has 1 aromatic heterocycles. The molecular formula is C13H16N4OS. The molecule has 2 aromatic rings. The topological polar surface area (TPSA) is 70.7 Å². The Morgan fingerprint density at radius 3 is 2.84 bits per heavy atom. The second kappa shape index (κ2) is 6.94. The van der Waals surface area contributed by atoms with Crippen molar-refractivity contribution in [3.05, 3.63) is 42.2 Å². The van der Waals surface area contributed by atoms with Crippen LogP contribution in [0, 0.1) is 0 Å². The molecule has 0 bridgehead atoms. The minimum Gasteiger partial charge on any atom is -0.351 e. The molecule has 0 fully saturated rings. The van der Waals surface area contributed by atoms with Crippen molar-refractivity contribution in [3.8, 4) is 0 Å². The molecule has 5 nitrogen and oxygen atoms in total. The maximum Gasteiger partial charge on any atom is 0.233 e. The fourth-order valence-electron chi connectivity index (χ4n) is 1.61. The molecule has 19 heavy (non-hydrogen) atoms. The van der Waals surface area contributed by atoms with Crippen LogP contribution in [-0.2, 0) is 11.3 Å². The number of amides is 1. The molecule has 2 N–H and O–H groups in total. The second-order valence-corrected chi connectivity index (χ2v) is 5.20. The van der Waals surface area contributed by atoms with Crippen LogP contribution in [0.15, 0.2) is 41.8 Å². The van der Waals surface area contributed by atoms with Crippen LogP contribution in [-0.4, -0.2) is 26.3 Å². The van der Waals surface area contributed by atoms with Gasteiger partial charge in [0.15, 0.2) is 5.16 Å². The van der Waals surface area contributed by atoms with Crippen LogP contribution in [0.2, 0.25) is 0 Å². The van der Waals surface area contributed by atoms with E-state index in [9.17, 15) is 4.79 Å². The van der Waals surface area contributed by atoms with Crippen LogP contribution < -0.4 is 5.32 Å². The summed E-state index contributed by atoms with van der Waals surface area (Å²) in [6.07, 6.45) is 2.18. The van der Waals surface area contributed by atoms with Crippen LogP contribution >= 0.6 is 11.8 Å². The Balaban J connectivity index is 1.87. The molecule has 0 aliphatic carbocycles. The Morgan fingerprint density at radius 1 is 1.42 bits per heavy atom. The quantitative estimate of drug-likeness (QED) is 0.792. The van der Waals surface area contributed by atoms with Crippen molar-refractivity contribution in [1.82, 2.24) is 20.5 Å². The van der Waals surface area contributed by atoms with E-state index in [-0.39, 0.29) is 11.2 Å². The van der Waals surface area contributed by atoms with Gasteiger partial charge in [0.1, 0.15) is 6.33 Å². The molecule has 0 aliphatic rings. The van der Waals surface area contributed by atoms with Crippen LogP contribution in [0.25, 0.3) is 0 Å². The van der Waals surface area contributed by atoms with E-state index in [2.05, 4.69) is 20.5 Å². The standard InChI is InChI=1S/C13H16N4OS/c1-2-11(19-13-15-9-16-17-13)12(18)14-8-10-6-4-3-5-7-10/h3-7,9,11H,2,8H2,1H3,(H,14,18)(H,15,16,17). The SMILES string of the molecule is CCC(Sc1ncn[nH]1)C(=O)NCc1ccccc1. The zero-order valence-electron chi connectivity index (χ0n) is 10.7. The summed E-state index contributed by atoms with van der Waals surface area (Å²) in [5.41, 5.74) is 1.09. The molecule has 0 aliphatic heterocycles. The van der Waals surface area contributed by atoms with Gasteiger partial charge in [-0.05, 0) is 12.0 Å². The van der Waals surface area contributed by atoms with E-state index in [0.29, 0.717) is 11.7 Å². The highest BCUT2D eigenvalue weighted by molar-refractivity contribution is 8.00. The first kappa shape index (κ1) is 13.6. The number of H-pyrrole nitrogens is 1. The van der Waals surface area contributed by atoms with Crippen LogP contribution in [0.1, 0.15) is 18.9 Å². The Morgan fingerprint density at radius 2 is 2.21 bits per heavy atom. The Bertz CT molecular complexity index is 501. The first-order chi connectivity index (χ1) is 9.29. The molecular weight excluding hydrogens is 260 g/mol. The predicted molar refractivity (Wildman–Crippen MR) is 74.6 cm³/mol. The first-order valence-corrected chi connectivity index (χ1v) is 7.01. The molecule has 1 atom stereocenters. The third-order valence-electron chi connectivity index (χ3n) is 2.62. The first-order valence-electron chi connectivity index (χ1n) is 6.13. The number of hydrogen-bond acceptors (Lipinski definition) is 4. The largest absolute Gasteiger partial charge is 0.351 e. The summed E-state index contributed by atoms with van der Waals surface area (Å²) in [5, 5.41) is 9.98. The lowest BCUT2D eigenvalue weighted by Crippen LogP contribution is -2.31. The van der Waals surface area contributed by atoms with Gasteiger partial charge in [-0.15, -0.1) is 0 Å². The minimum atomic E-state index is -0.156. The number of benzene rings is 1. The van der Waals surface area contributed by atoms with Gasteiger partial charge < -0.3 is 5.32 Å². The number of thioether (sulfide) groups is 1. The highest BCUT2D eigenvalue weighted by Gasteiger charge is 2.18. The molecule has 0 saturated carbocycles. The van der Waals surface area contributed by atoms with E-state index in [1.54, 1.807) is 0 Å². The number of hydrogen-bond donors (Lipinski definition) is 2. The monoisotopic (exact) mass is 276 g/mol. The van der Waals surface area contributed by atoms with Crippen molar-refractivity contribution in [3.63, 3.8) is 0 Å². The van der Waals surface area contributed by atoms with Crippen molar-refractivity contribution in [1.29, 1.82) is 0 Å². The average Bonchev–Trinajstić information content (AvgIpc) is 2.96. The Labute approximate surface area is 116 Å². The number of nitrogens with zero attached hydrogens (tertiary/aromatic N) is 2. The van der Waals surface area contributed by atoms with Gasteiger partial charge in [0, 0.05) is 6.54 Å². The molecule has 1 heterocycles. The number of carbonyl (C=O) groups is 1. The normalized spacial score (nSPS) is 12.1. The van der Waals surface area contributed by atoms with Gasteiger partial charge in [0.25, 0.3) is 0 Å². The summed E-state index contributed by atoms with van der Waals surface area (Å²) >= 11 is 1.40. The molecule has 6 heteroatoms. The lowest BCUT2D eigenvalue weighted by molar-refractivity contribution is -0.120. The van der Waals surface area contributed by atoms with Crippen molar-refractivity contribution in [2.75, 3.05) is 0 Å². The summed E-state index contributed by atoms with van der Waals surface area (Å²) in [7, 11) is 0. The van der Waals surface area contributed by atoms with Crippen LogP contribution in [0.4, 0.5) is 0 Å². The molecule has 100 valence electrons. The van der Waals surface area contributed by atoms with Gasteiger partial charge in [-0.1, -0.05) is 49.0 Å². The molecule has 2 rings (SSSR count). The zero-order valence-corrected chi connectivity index (χ0v) is 11.5. The summed E-state index contributed by atoms with van der Waals surface area (Å²) < 4.78 is 0. The molecule has 0 radical (unpaired) electrons. The Hall–Kier alpha value is -1.82. The van der Waals surface area contributed by atoms with Gasteiger partial charge in [0.05, 0.1) is 5.25 Å². The molecule has 0 spiro atoms. The maximum atomic E-state index is 12.1.